The molecule has 1 heterocycles. The third-order valence-corrected chi connectivity index (χ3v) is 3.02. The number of halogens is 3. The molecule has 0 radical (unpaired) electrons. The van der Waals surface area contributed by atoms with Crippen LogP contribution in [0, 0.1) is 0 Å². The lowest BCUT2D eigenvalue weighted by Gasteiger charge is -2.18. The fourth-order valence-corrected chi connectivity index (χ4v) is 1.91. The molecule has 1 aromatic carbocycles. The Hall–Kier alpha value is -2.08. The highest BCUT2D eigenvalue weighted by atomic mass is 19.4. The number of nitrogens with zero attached hydrogens (tertiary/aromatic N) is 1. The average Bonchev–Trinajstić information content (AvgIpc) is 2.48. The molecular formula is C15H15F3N2O. The van der Waals surface area contributed by atoms with Crippen molar-refractivity contribution in [2.45, 2.75) is 12.1 Å². The Labute approximate surface area is 120 Å². The van der Waals surface area contributed by atoms with Crippen LogP contribution < -0.4 is 10.5 Å². The van der Waals surface area contributed by atoms with Crippen molar-refractivity contribution < 1.29 is 17.9 Å². The molecule has 0 aliphatic carbocycles. The van der Waals surface area contributed by atoms with E-state index in [0.717, 1.165) is 6.07 Å². The summed E-state index contributed by atoms with van der Waals surface area (Å²) >= 11 is 0. The van der Waals surface area contributed by atoms with Gasteiger partial charge in [0.05, 0.1) is 12.2 Å². The van der Waals surface area contributed by atoms with Crippen LogP contribution in [-0.2, 0) is 6.18 Å². The van der Waals surface area contributed by atoms with Crippen LogP contribution in [-0.4, -0.2) is 18.1 Å². The Morgan fingerprint density at radius 1 is 1.10 bits per heavy atom. The highest BCUT2D eigenvalue weighted by Crippen LogP contribution is 2.36. The van der Waals surface area contributed by atoms with E-state index >= 15 is 0 Å². The minimum absolute atomic E-state index is 0.0423. The Bertz CT molecular complexity index is 573. The lowest BCUT2D eigenvalue weighted by Crippen LogP contribution is -2.21. The molecule has 112 valence electrons. The number of nitrogens with two attached hydrogens (primary N) is 1. The molecule has 2 N–H and O–H groups in total. The van der Waals surface area contributed by atoms with E-state index in [1.807, 2.05) is 0 Å². The first-order valence-corrected chi connectivity index (χ1v) is 6.42. The Morgan fingerprint density at radius 3 is 2.43 bits per heavy atom. The van der Waals surface area contributed by atoms with Gasteiger partial charge in [0.15, 0.2) is 0 Å². The van der Waals surface area contributed by atoms with Crippen LogP contribution >= 0.6 is 0 Å². The number of pyridine rings is 1. The summed E-state index contributed by atoms with van der Waals surface area (Å²) in [6.45, 7) is 0.284. The third kappa shape index (κ3) is 3.95. The minimum atomic E-state index is -4.44. The predicted octanol–water partition coefficient (Wildman–Crippen LogP) is 3.22. The number of hydrogen-bond donors (Lipinski definition) is 1. The van der Waals surface area contributed by atoms with Crippen LogP contribution in [0.2, 0.25) is 0 Å². The number of rotatable bonds is 5. The smallest absolute Gasteiger partial charge is 0.419 e. The quantitative estimate of drug-likeness (QED) is 0.921. The summed E-state index contributed by atoms with van der Waals surface area (Å²) in [6, 6.07) is 10.5. The van der Waals surface area contributed by atoms with Crippen LogP contribution in [0.15, 0.2) is 48.7 Å². The summed E-state index contributed by atoms with van der Waals surface area (Å²) in [5, 5.41) is 0. The first-order chi connectivity index (χ1) is 10.0. The number of aromatic nitrogens is 1. The average molecular weight is 296 g/mol. The topological polar surface area (TPSA) is 48.1 Å². The van der Waals surface area contributed by atoms with Crippen LogP contribution in [0.1, 0.15) is 17.2 Å². The normalized spacial score (nSPS) is 13.0. The number of para-hydroxylation sites is 1. The molecule has 0 saturated heterocycles. The van der Waals surface area contributed by atoms with E-state index in [1.54, 1.807) is 24.4 Å². The molecule has 2 aromatic rings. The van der Waals surface area contributed by atoms with Crippen LogP contribution in [0.5, 0.6) is 5.75 Å². The molecule has 0 fully saturated rings. The van der Waals surface area contributed by atoms with Crippen molar-refractivity contribution >= 4 is 0 Å². The standard InChI is InChI=1S/C15H15F3N2O/c16-15(17,18)12-5-1-2-7-14(12)21-10-11(9-19)13-6-3-4-8-20-13/h1-8,11H,9-10,19H2. The van der Waals surface area contributed by atoms with Crippen LogP contribution in [0.3, 0.4) is 0 Å². The molecule has 0 amide bonds. The van der Waals surface area contributed by atoms with Crippen molar-refractivity contribution in [1.82, 2.24) is 4.98 Å². The van der Waals surface area contributed by atoms with Crippen molar-refractivity contribution in [1.29, 1.82) is 0 Å². The van der Waals surface area contributed by atoms with E-state index in [9.17, 15) is 13.2 Å². The second-order valence-corrected chi connectivity index (χ2v) is 4.49. The van der Waals surface area contributed by atoms with Gasteiger partial charge in [-0.15, -0.1) is 0 Å². The van der Waals surface area contributed by atoms with E-state index in [4.69, 9.17) is 10.5 Å². The van der Waals surface area contributed by atoms with Crippen molar-refractivity contribution in [3.8, 4) is 5.75 Å². The first-order valence-electron chi connectivity index (χ1n) is 6.42. The van der Waals surface area contributed by atoms with E-state index in [1.165, 1.54) is 18.2 Å². The maximum atomic E-state index is 12.9. The molecule has 0 aliphatic heterocycles. The molecule has 0 spiro atoms. The van der Waals surface area contributed by atoms with Crippen LogP contribution in [0.25, 0.3) is 0 Å². The summed E-state index contributed by atoms with van der Waals surface area (Å²) in [4.78, 5) is 4.15. The highest BCUT2D eigenvalue weighted by Gasteiger charge is 2.34. The van der Waals surface area contributed by atoms with Crippen molar-refractivity contribution in [2.24, 2.45) is 5.73 Å². The molecule has 6 heteroatoms. The van der Waals surface area contributed by atoms with Gasteiger partial charge in [0.1, 0.15) is 5.75 Å². The van der Waals surface area contributed by atoms with E-state index in [0.29, 0.717) is 5.69 Å². The fraction of sp³-hybridized carbons (Fsp3) is 0.267. The number of hydrogen-bond acceptors (Lipinski definition) is 3. The van der Waals surface area contributed by atoms with E-state index in [-0.39, 0.29) is 24.8 Å². The van der Waals surface area contributed by atoms with Crippen molar-refractivity contribution in [3.63, 3.8) is 0 Å². The largest absolute Gasteiger partial charge is 0.492 e. The van der Waals surface area contributed by atoms with Gasteiger partial charge >= 0.3 is 6.18 Å². The summed E-state index contributed by atoms with van der Waals surface area (Å²) in [7, 11) is 0. The van der Waals surface area contributed by atoms with Gasteiger partial charge in [-0.05, 0) is 24.3 Å². The molecule has 2 rings (SSSR count). The number of alkyl halides is 3. The SMILES string of the molecule is NCC(COc1ccccc1C(F)(F)F)c1ccccn1. The summed E-state index contributed by atoms with van der Waals surface area (Å²) < 4.78 is 43.9. The van der Waals surface area contributed by atoms with Gasteiger partial charge < -0.3 is 10.5 Å². The monoisotopic (exact) mass is 296 g/mol. The fourth-order valence-electron chi connectivity index (χ4n) is 1.91. The Balaban J connectivity index is 2.13. The van der Waals surface area contributed by atoms with Crippen molar-refractivity contribution in [3.05, 3.63) is 59.9 Å². The molecule has 1 unspecified atom stereocenters. The molecule has 0 bridgehead atoms. The molecular weight excluding hydrogens is 281 g/mol. The Kier molecular flexibility index (Phi) is 4.80. The van der Waals surface area contributed by atoms with Gasteiger partial charge in [-0.1, -0.05) is 18.2 Å². The summed E-state index contributed by atoms with van der Waals surface area (Å²) in [5.74, 6) is -0.452. The minimum Gasteiger partial charge on any atom is -0.492 e. The lowest BCUT2D eigenvalue weighted by atomic mass is 10.1. The summed E-state index contributed by atoms with van der Waals surface area (Å²) in [5.41, 5.74) is 5.56. The molecule has 3 nitrogen and oxygen atoms in total. The van der Waals surface area contributed by atoms with Gasteiger partial charge in [0.2, 0.25) is 0 Å². The van der Waals surface area contributed by atoms with Crippen LogP contribution in [0.4, 0.5) is 13.2 Å². The van der Waals surface area contributed by atoms with Gasteiger partial charge in [-0.2, -0.15) is 13.2 Å². The number of benzene rings is 1. The zero-order valence-corrected chi connectivity index (χ0v) is 11.2. The molecule has 21 heavy (non-hydrogen) atoms. The third-order valence-electron chi connectivity index (χ3n) is 3.02. The molecule has 1 aromatic heterocycles. The highest BCUT2D eigenvalue weighted by molar-refractivity contribution is 5.35. The molecule has 1 atom stereocenters. The van der Waals surface area contributed by atoms with Gasteiger partial charge in [0.25, 0.3) is 0 Å². The first kappa shape index (κ1) is 15.3. The van der Waals surface area contributed by atoms with E-state index < -0.39 is 11.7 Å². The predicted molar refractivity (Wildman–Crippen MR) is 73.0 cm³/mol. The Morgan fingerprint density at radius 2 is 1.81 bits per heavy atom. The second-order valence-electron chi connectivity index (χ2n) is 4.49. The second kappa shape index (κ2) is 6.58. The van der Waals surface area contributed by atoms with Gasteiger partial charge in [-0.25, -0.2) is 0 Å². The van der Waals surface area contributed by atoms with E-state index in [2.05, 4.69) is 4.98 Å². The molecule has 0 saturated carbocycles. The zero-order valence-electron chi connectivity index (χ0n) is 11.2. The number of ether oxygens (including phenoxy) is 1. The van der Waals surface area contributed by atoms with Crippen molar-refractivity contribution in [2.75, 3.05) is 13.2 Å². The lowest BCUT2D eigenvalue weighted by molar-refractivity contribution is -0.139. The maximum absolute atomic E-state index is 12.9. The van der Waals surface area contributed by atoms with Gasteiger partial charge in [-0.3, -0.25) is 4.98 Å². The zero-order chi connectivity index (χ0) is 15.3. The van der Waals surface area contributed by atoms with Gasteiger partial charge in [0, 0.05) is 24.4 Å². The maximum Gasteiger partial charge on any atom is 0.419 e. The molecule has 0 aliphatic rings. The summed E-state index contributed by atoms with van der Waals surface area (Å²) in [6.07, 6.45) is -2.83.